The zero-order valence-electron chi connectivity index (χ0n) is 8.56. The summed E-state index contributed by atoms with van der Waals surface area (Å²) < 4.78 is 2.12. The number of nitrogens with zero attached hydrogens (tertiary/aromatic N) is 3. The van der Waals surface area contributed by atoms with Crippen LogP contribution in [0, 0.1) is 0 Å². The molecule has 0 radical (unpaired) electrons. The molecule has 0 spiro atoms. The molecule has 14 heavy (non-hydrogen) atoms. The van der Waals surface area contributed by atoms with E-state index in [4.69, 9.17) is 5.11 Å². The summed E-state index contributed by atoms with van der Waals surface area (Å²) in [6, 6.07) is 0.524. The molecule has 1 saturated heterocycles. The second kappa shape index (κ2) is 4.11. The minimum Gasteiger partial charge on any atom is -0.390 e. The lowest BCUT2D eigenvalue weighted by atomic mass is 10.1. The second-order valence-corrected chi connectivity index (χ2v) is 3.98. The van der Waals surface area contributed by atoms with E-state index < -0.39 is 0 Å². The van der Waals surface area contributed by atoms with Crippen LogP contribution in [-0.4, -0.2) is 39.7 Å². The van der Waals surface area contributed by atoms with Crippen LogP contribution >= 0.6 is 0 Å². The quantitative estimate of drug-likeness (QED) is 0.753. The fraction of sp³-hybridized carbons (Fsp3) is 0.700. The van der Waals surface area contributed by atoms with Crippen molar-refractivity contribution in [1.29, 1.82) is 0 Å². The Kier molecular flexibility index (Phi) is 2.84. The average molecular weight is 195 g/mol. The van der Waals surface area contributed by atoms with Gasteiger partial charge in [0.15, 0.2) is 0 Å². The molecule has 1 aliphatic heterocycles. The van der Waals surface area contributed by atoms with Gasteiger partial charge in [-0.05, 0) is 33.0 Å². The zero-order chi connectivity index (χ0) is 9.97. The molecule has 4 heteroatoms. The predicted octanol–water partition coefficient (Wildman–Crippen LogP) is 0.642. The lowest BCUT2D eigenvalue weighted by molar-refractivity contribution is 0.208. The second-order valence-electron chi connectivity index (χ2n) is 3.98. The molecule has 1 aromatic rings. The monoisotopic (exact) mass is 195 g/mol. The highest BCUT2D eigenvalue weighted by atomic mass is 16.3. The topological polar surface area (TPSA) is 41.3 Å². The molecule has 2 heterocycles. The van der Waals surface area contributed by atoms with E-state index in [0.717, 1.165) is 31.6 Å². The Morgan fingerprint density at radius 2 is 2.21 bits per heavy atom. The first-order valence-corrected chi connectivity index (χ1v) is 5.11. The van der Waals surface area contributed by atoms with Crippen molar-refractivity contribution in [2.75, 3.05) is 20.1 Å². The third kappa shape index (κ3) is 1.81. The number of hydrogen-bond donors (Lipinski definition) is 1. The predicted molar refractivity (Wildman–Crippen MR) is 53.9 cm³/mol. The number of imidazole rings is 1. The summed E-state index contributed by atoms with van der Waals surface area (Å²) in [6.07, 6.45) is 5.89. The van der Waals surface area contributed by atoms with E-state index in [-0.39, 0.29) is 6.61 Å². The first kappa shape index (κ1) is 9.68. The minimum atomic E-state index is 0.0896. The molecule has 78 valence electrons. The summed E-state index contributed by atoms with van der Waals surface area (Å²) in [4.78, 5) is 6.42. The summed E-state index contributed by atoms with van der Waals surface area (Å²) in [5, 5.41) is 9.12. The molecule has 0 atom stereocenters. The highest BCUT2D eigenvalue weighted by Crippen LogP contribution is 2.22. The maximum atomic E-state index is 9.12. The Labute approximate surface area is 84.2 Å². The molecule has 0 aromatic carbocycles. The van der Waals surface area contributed by atoms with Crippen LogP contribution < -0.4 is 0 Å². The maximum Gasteiger partial charge on any atom is 0.0951 e. The van der Waals surface area contributed by atoms with Crippen LogP contribution in [-0.2, 0) is 6.61 Å². The van der Waals surface area contributed by atoms with Gasteiger partial charge in [0.25, 0.3) is 0 Å². The van der Waals surface area contributed by atoms with E-state index in [1.165, 1.54) is 0 Å². The first-order valence-electron chi connectivity index (χ1n) is 5.11. The van der Waals surface area contributed by atoms with E-state index in [1.807, 2.05) is 6.33 Å². The van der Waals surface area contributed by atoms with E-state index >= 15 is 0 Å². The van der Waals surface area contributed by atoms with Crippen molar-refractivity contribution in [2.45, 2.75) is 25.5 Å². The van der Waals surface area contributed by atoms with Gasteiger partial charge in [-0.15, -0.1) is 0 Å². The molecule has 0 amide bonds. The first-order chi connectivity index (χ1) is 6.81. The van der Waals surface area contributed by atoms with Gasteiger partial charge in [-0.25, -0.2) is 4.98 Å². The smallest absolute Gasteiger partial charge is 0.0951 e. The van der Waals surface area contributed by atoms with Gasteiger partial charge < -0.3 is 14.6 Å². The molecule has 0 bridgehead atoms. The van der Waals surface area contributed by atoms with E-state index in [0.29, 0.717) is 6.04 Å². The van der Waals surface area contributed by atoms with E-state index in [2.05, 4.69) is 21.5 Å². The summed E-state index contributed by atoms with van der Waals surface area (Å²) in [7, 11) is 2.15. The fourth-order valence-corrected chi connectivity index (χ4v) is 2.06. The third-order valence-corrected chi connectivity index (χ3v) is 2.99. The van der Waals surface area contributed by atoms with Crippen LogP contribution in [0.25, 0.3) is 0 Å². The van der Waals surface area contributed by atoms with Gasteiger partial charge in [0, 0.05) is 6.04 Å². The van der Waals surface area contributed by atoms with Gasteiger partial charge >= 0.3 is 0 Å². The van der Waals surface area contributed by atoms with Gasteiger partial charge in [-0.1, -0.05) is 0 Å². The largest absolute Gasteiger partial charge is 0.390 e. The van der Waals surface area contributed by atoms with Crippen molar-refractivity contribution in [3.63, 3.8) is 0 Å². The normalized spacial score (nSPS) is 20.1. The van der Waals surface area contributed by atoms with Gasteiger partial charge in [0.1, 0.15) is 0 Å². The number of rotatable bonds is 2. The Morgan fingerprint density at radius 3 is 2.86 bits per heavy atom. The number of piperidine rings is 1. The highest BCUT2D eigenvalue weighted by Gasteiger charge is 2.19. The molecule has 1 aliphatic rings. The van der Waals surface area contributed by atoms with Crippen LogP contribution in [0.4, 0.5) is 0 Å². The summed E-state index contributed by atoms with van der Waals surface area (Å²) in [6.45, 7) is 2.35. The molecule has 4 nitrogen and oxygen atoms in total. The van der Waals surface area contributed by atoms with Crippen LogP contribution in [0.3, 0.4) is 0 Å². The summed E-state index contributed by atoms with van der Waals surface area (Å²) >= 11 is 0. The van der Waals surface area contributed by atoms with Crippen molar-refractivity contribution in [1.82, 2.24) is 14.5 Å². The number of aromatic nitrogens is 2. The number of aliphatic hydroxyl groups is 1. The Bertz CT molecular complexity index is 289. The Morgan fingerprint density at radius 1 is 1.50 bits per heavy atom. The van der Waals surface area contributed by atoms with Gasteiger partial charge in [0.2, 0.25) is 0 Å². The Hall–Kier alpha value is -0.870. The van der Waals surface area contributed by atoms with Crippen molar-refractivity contribution >= 4 is 0 Å². The van der Waals surface area contributed by atoms with Crippen molar-refractivity contribution in [3.05, 3.63) is 18.2 Å². The van der Waals surface area contributed by atoms with Crippen LogP contribution in [0.1, 0.15) is 24.6 Å². The molecular formula is C10H17N3O. The minimum absolute atomic E-state index is 0.0896. The van der Waals surface area contributed by atoms with Crippen LogP contribution in [0.5, 0.6) is 0 Å². The standard InChI is InChI=1S/C10H17N3O/c1-12-4-2-9(3-5-12)13-8-11-6-10(13)7-14/h6,8-9,14H,2-5,7H2,1H3. The van der Waals surface area contributed by atoms with Crippen molar-refractivity contribution < 1.29 is 5.11 Å². The van der Waals surface area contributed by atoms with Crippen LogP contribution in [0.15, 0.2) is 12.5 Å². The molecule has 1 N–H and O–H groups in total. The highest BCUT2D eigenvalue weighted by molar-refractivity contribution is 4.99. The average Bonchev–Trinajstić information content (AvgIpc) is 2.67. The van der Waals surface area contributed by atoms with Crippen LogP contribution in [0.2, 0.25) is 0 Å². The summed E-state index contributed by atoms with van der Waals surface area (Å²) in [5.74, 6) is 0. The van der Waals surface area contributed by atoms with Crippen molar-refractivity contribution in [3.8, 4) is 0 Å². The molecule has 0 saturated carbocycles. The lowest BCUT2D eigenvalue weighted by Crippen LogP contribution is -2.31. The number of aliphatic hydroxyl groups excluding tert-OH is 1. The summed E-state index contributed by atoms with van der Waals surface area (Å²) in [5.41, 5.74) is 0.930. The van der Waals surface area contributed by atoms with Gasteiger partial charge in [-0.2, -0.15) is 0 Å². The van der Waals surface area contributed by atoms with Gasteiger partial charge in [-0.3, -0.25) is 0 Å². The van der Waals surface area contributed by atoms with E-state index in [1.54, 1.807) is 6.20 Å². The lowest BCUT2D eigenvalue weighted by Gasteiger charge is -2.30. The third-order valence-electron chi connectivity index (χ3n) is 2.99. The molecular weight excluding hydrogens is 178 g/mol. The zero-order valence-corrected chi connectivity index (χ0v) is 8.56. The molecule has 0 aliphatic carbocycles. The number of likely N-dealkylation sites (tertiary alicyclic amines) is 1. The SMILES string of the molecule is CN1CCC(n2cncc2CO)CC1. The fourth-order valence-electron chi connectivity index (χ4n) is 2.06. The van der Waals surface area contributed by atoms with Crippen molar-refractivity contribution in [2.24, 2.45) is 0 Å². The molecule has 2 rings (SSSR count). The van der Waals surface area contributed by atoms with Gasteiger partial charge in [0.05, 0.1) is 24.8 Å². The van der Waals surface area contributed by atoms with E-state index in [9.17, 15) is 0 Å². The molecule has 1 aromatic heterocycles. The Balaban J connectivity index is 2.08. The molecule has 1 fully saturated rings. The maximum absolute atomic E-state index is 9.12. The molecule has 0 unspecified atom stereocenters. The number of hydrogen-bond acceptors (Lipinski definition) is 3.